The van der Waals surface area contributed by atoms with Gasteiger partial charge in [-0.15, -0.1) is 0 Å². The fourth-order valence-corrected chi connectivity index (χ4v) is 1.74. The van der Waals surface area contributed by atoms with Crippen molar-refractivity contribution in [2.45, 2.75) is 13.3 Å². The minimum Gasteiger partial charge on any atom is -0.493 e. The zero-order chi connectivity index (χ0) is 10.1. The largest absolute Gasteiger partial charge is 0.493 e. The van der Waals surface area contributed by atoms with E-state index in [1.165, 1.54) is 7.11 Å². The number of aryl methyl sites for hydroxylation is 1. The predicted octanol–water partition coefficient (Wildman–Crippen LogP) is 1.72. The highest BCUT2D eigenvalue weighted by Crippen LogP contribution is 2.30. The Morgan fingerprint density at radius 2 is 2.29 bits per heavy atom. The number of benzene rings is 1. The van der Waals surface area contributed by atoms with E-state index in [1.807, 2.05) is 13.0 Å². The summed E-state index contributed by atoms with van der Waals surface area (Å²) in [5.74, 6) is 0.639. The van der Waals surface area contributed by atoms with Crippen molar-refractivity contribution in [2.75, 3.05) is 13.7 Å². The smallest absolute Gasteiger partial charge is 0.337 e. The van der Waals surface area contributed by atoms with Gasteiger partial charge in [0.15, 0.2) is 0 Å². The first-order valence-electron chi connectivity index (χ1n) is 4.57. The molecule has 1 aliphatic heterocycles. The lowest BCUT2D eigenvalue weighted by Gasteiger charge is -2.06. The molecule has 1 aromatic rings. The van der Waals surface area contributed by atoms with Crippen molar-refractivity contribution in [3.8, 4) is 5.75 Å². The van der Waals surface area contributed by atoms with Gasteiger partial charge >= 0.3 is 5.97 Å². The Labute approximate surface area is 82.6 Å². The molecule has 14 heavy (non-hydrogen) atoms. The third-order valence-electron chi connectivity index (χ3n) is 2.39. The molecule has 1 heterocycles. The summed E-state index contributed by atoms with van der Waals surface area (Å²) in [6.07, 6.45) is 0.876. The Morgan fingerprint density at radius 1 is 1.50 bits per heavy atom. The molecule has 0 N–H and O–H groups in total. The van der Waals surface area contributed by atoms with Gasteiger partial charge in [0.05, 0.1) is 19.3 Å². The quantitative estimate of drug-likeness (QED) is 0.635. The van der Waals surface area contributed by atoms with Crippen LogP contribution in [0.15, 0.2) is 12.1 Å². The van der Waals surface area contributed by atoms with Crippen LogP contribution in [0.25, 0.3) is 0 Å². The lowest BCUT2D eigenvalue weighted by atomic mass is 10.0. The maximum atomic E-state index is 11.3. The summed E-state index contributed by atoms with van der Waals surface area (Å²) in [6, 6.07) is 3.65. The second kappa shape index (κ2) is 3.33. The van der Waals surface area contributed by atoms with Crippen molar-refractivity contribution >= 4 is 5.97 Å². The van der Waals surface area contributed by atoms with Crippen LogP contribution in [0.4, 0.5) is 0 Å². The maximum Gasteiger partial charge on any atom is 0.337 e. The molecule has 3 nitrogen and oxygen atoms in total. The van der Waals surface area contributed by atoms with Crippen LogP contribution in [0, 0.1) is 6.92 Å². The molecule has 0 atom stereocenters. The molecule has 74 valence electrons. The van der Waals surface area contributed by atoms with Gasteiger partial charge < -0.3 is 9.47 Å². The van der Waals surface area contributed by atoms with Gasteiger partial charge in [-0.05, 0) is 30.2 Å². The van der Waals surface area contributed by atoms with Crippen LogP contribution in [0.2, 0.25) is 0 Å². The molecule has 0 unspecified atom stereocenters. The molecular formula is C11H12O3. The maximum absolute atomic E-state index is 11.3. The fourth-order valence-electron chi connectivity index (χ4n) is 1.74. The molecular weight excluding hydrogens is 180 g/mol. The van der Waals surface area contributed by atoms with Gasteiger partial charge in [-0.2, -0.15) is 0 Å². The number of carbonyl (C=O) groups is 1. The topological polar surface area (TPSA) is 35.5 Å². The number of ether oxygens (including phenoxy) is 2. The van der Waals surface area contributed by atoms with Crippen LogP contribution in [0.1, 0.15) is 21.5 Å². The number of esters is 1. The molecule has 0 radical (unpaired) electrons. The summed E-state index contributed by atoms with van der Waals surface area (Å²) in [7, 11) is 1.39. The van der Waals surface area contributed by atoms with Crippen molar-refractivity contribution in [1.82, 2.24) is 0 Å². The number of carbonyl (C=O) groups excluding carboxylic acids is 1. The molecule has 1 aromatic carbocycles. The van der Waals surface area contributed by atoms with E-state index in [0.29, 0.717) is 12.2 Å². The summed E-state index contributed by atoms with van der Waals surface area (Å²) in [6.45, 7) is 2.65. The second-order valence-corrected chi connectivity index (χ2v) is 3.37. The summed E-state index contributed by atoms with van der Waals surface area (Å²) in [5, 5.41) is 0. The first-order valence-corrected chi connectivity index (χ1v) is 4.57. The number of hydrogen-bond acceptors (Lipinski definition) is 3. The Morgan fingerprint density at radius 3 is 3.00 bits per heavy atom. The molecule has 2 rings (SSSR count). The Balaban J connectivity index is 2.46. The van der Waals surface area contributed by atoms with Crippen LogP contribution >= 0.6 is 0 Å². The molecule has 3 heteroatoms. The number of hydrogen-bond donors (Lipinski definition) is 0. The monoisotopic (exact) mass is 192 g/mol. The van der Waals surface area contributed by atoms with E-state index < -0.39 is 0 Å². The van der Waals surface area contributed by atoms with Crippen molar-refractivity contribution in [3.63, 3.8) is 0 Å². The highest BCUT2D eigenvalue weighted by Gasteiger charge is 2.18. The molecule has 0 amide bonds. The standard InChI is InChI=1S/C11H12O3/c1-7-5-9(11(12)13-2)6-8-3-4-14-10(7)8/h5-6H,3-4H2,1-2H3. The van der Waals surface area contributed by atoms with E-state index in [4.69, 9.17) is 4.74 Å². The molecule has 0 bridgehead atoms. The molecule has 1 aliphatic rings. The van der Waals surface area contributed by atoms with Gasteiger partial charge in [0.25, 0.3) is 0 Å². The van der Waals surface area contributed by atoms with E-state index in [9.17, 15) is 4.79 Å². The SMILES string of the molecule is COC(=O)c1cc(C)c2c(c1)CCO2. The minimum absolute atomic E-state index is 0.289. The van der Waals surface area contributed by atoms with Gasteiger partial charge in [0.1, 0.15) is 5.75 Å². The molecule has 0 fully saturated rings. The first-order chi connectivity index (χ1) is 6.72. The molecule has 0 spiro atoms. The van der Waals surface area contributed by atoms with Crippen molar-refractivity contribution in [1.29, 1.82) is 0 Å². The summed E-state index contributed by atoms with van der Waals surface area (Å²) in [4.78, 5) is 11.3. The normalized spacial score (nSPS) is 13.3. The fraction of sp³-hybridized carbons (Fsp3) is 0.364. The zero-order valence-corrected chi connectivity index (χ0v) is 8.29. The van der Waals surface area contributed by atoms with E-state index in [1.54, 1.807) is 6.07 Å². The zero-order valence-electron chi connectivity index (χ0n) is 8.29. The van der Waals surface area contributed by atoms with Crippen LogP contribution in [-0.4, -0.2) is 19.7 Å². The minimum atomic E-state index is -0.289. The van der Waals surface area contributed by atoms with Gasteiger partial charge in [0, 0.05) is 6.42 Å². The lowest BCUT2D eigenvalue weighted by Crippen LogP contribution is -2.02. The van der Waals surface area contributed by atoms with Crippen molar-refractivity contribution in [3.05, 3.63) is 28.8 Å². The second-order valence-electron chi connectivity index (χ2n) is 3.37. The van der Waals surface area contributed by atoms with E-state index in [0.717, 1.165) is 23.3 Å². The van der Waals surface area contributed by atoms with E-state index >= 15 is 0 Å². The third kappa shape index (κ3) is 1.35. The average molecular weight is 192 g/mol. The van der Waals surface area contributed by atoms with Gasteiger partial charge in [-0.3, -0.25) is 0 Å². The summed E-state index contributed by atoms with van der Waals surface area (Å²) >= 11 is 0. The number of methoxy groups -OCH3 is 1. The van der Waals surface area contributed by atoms with Gasteiger partial charge in [-0.25, -0.2) is 4.79 Å². The van der Waals surface area contributed by atoms with Crippen LogP contribution in [-0.2, 0) is 11.2 Å². The molecule has 0 saturated carbocycles. The summed E-state index contributed by atoms with van der Waals surface area (Å²) < 4.78 is 10.1. The number of fused-ring (bicyclic) bond motifs is 1. The lowest BCUT2D eigenvalue weighted by molar-refractivity contribution is 0.0600. The van der Waals surface area contributed by atoms with E-state index in [-0.39, 0.29) is 5.97 Å². The number of rotatable bonds is 1. The average Bonchev–Trinajstić information content (AvgIpc) is 2.64. The Kier molecular flexibility index (Phi) is 2.15. The molecule has 0 aromatic heterocycles. The Hall–Kier alpha value is -1.51. The summed E-state index contributed by atoms with van der Waals surface area (Å²) in [5.41, 5.74) is 2.71. The highest BCUT2D eigenvalue weighted by molar-refractivity contribution is 5.90. The van der Waals surface area contributed by atoms with Gasteiger partial charge in [0.2, 0.25) is 0 Å². The van der Waals surface area contributed by atoms with Crippen LogP contribution < -0.4 is 4.74 Å². The molecule has 0 aliphatic carbocycles. The highest BCUT2D eigenvalue weighted by atomic mass is 16.5. The molecule has 0 saturated heterocycles. The Bertz CT molecular complexity index is 382. The van der Waals surface area contributed by atoms with Gasteiger partial charge in [-0.1, -0.05) is 0 Å². The first kappa shape index (κ1) is 9.06. The third-order valence-corrected chi connectivity index (χ3v) is 2.39. The van der Waals surface area contributed by atoms with Crippen molar-refractivity contribution < 1.29 is 14.3 Å². The van der Waals surface area contributed by atoms with Crippen molar-refractivity contribution in [2.24, 2.45) is 0 Å². The van der Waals surface area contributed by atoms with E-state index in [2.05, 4.69) is 4.74 Å². The van der Waals surface area contributed by atoms with Crippen LogP contribution in [0.3, 0.4) is 0 Å². The van der Waals surface area contributed by atoms with Crippen LogP contribution in [0.5, 0.6) is 5.75 Å². The predicted molar refractivity (Wildman–Crippen MR) is 51.7 cm³/mol.